The Hall–Kier alpha value is -6.44. The van der Waals surface area contributed by atoms with Crippen LogP contribution in [-0.2, 0) is 16.2 Å². The Morgan fingerprint density at radius 2 is 0.937 bits per heavy atom. The van der Waals surface area contributed by atoms with Gasteiger partial charge >= 0.3 is 0 Å². The van der Waals surface area contributed by atoms with E-state index in [1.54, 1.807) is 0 Å². The molecule has 6 aliphatic rings. The van der Waals surface area contributed by atoms with E-state index < -0.39 is 29.9 Å². The molecule has 1 nitrogen and oxygen atoms in total. The van der Waals surface area contributed by atoms with Gasteiger partial charge < -0.3 is 4.90 Å². The van der Waals surface area contributed by atoms with Crippen LogP contribution in [-0.4, -0.2) is 0 Å². The van der Waals surface area contributed by atoms with E-state index in [0.717, 1.165) is 28.2 Å². The topological polar surface area (TPSA) is 3.24 Å². The molecule has 306 valence electrons. The zero-order valence-corrected chi connectivity index (χ0v) is 35.8. The first-order valence-corrected chi connectivity index (χ1v) is 22.8. The minimum atomic E-state index is -2.07. The molecule has 0 unspecified atom stereocenters. The first-order chi connectivity index (χ1) is 33.3. The van der Waals surface area contributed by atoms with Crippen molar-refractivity contribution in [1.82, 2.24) is 0 Å². The minimum Gasteiger partial charge on any atom is -0.310 e. The largest absolute Gasteiger partial charge is 0.310 e. The van der Waals surface area contributed by atoms with Crippen LogP contribution in [0.5, 0.6) is 0 Å². The van der Waals surface area contributed by atoms with E-state index >= 15 is 0 Å². The highest BCUT2D eigenvalue weighted by Gasteiger charge is 2.52. The third kappa shape index (κ3) is 5.35. The van der Waals surface area contributed by atoms with Crippen LogP contribution >= 0.6 is 0 Å². The molecule has 0 radical (unpaired) electrons. The molecule has 0 heterocycles. The summed E-state index contributed by atoms with van der Waals surface area (Å²) in [4.78, 5) is 2.44. The molecule has 14 rings (SSSR count). The van der Waals surface area contributed by atoms with Crippen LogP contribution in [0.1, 0.15) is 99.4 Å². The highest BCUT2D eigenvalue weighted by molar-refractivity contribution is 5.96. The van der Waals surface area contributed by atoms with Crippen molar-refractivity contribution < 1.29 is 8.22 Å². The normalized spacial score (nSPS) is 26.3. The second-order valence-electron chi connectivity index (χ2n) is 19.0. The minimum absolute atomic E-state index is 0.336. The van der Waals surface area contributed by atoms with Gasteiger partial charge in [-0.15, -0.1) is 0 Å². The van der Waals surface area contributed by atoms with E-state index in [2.05, 4.69) is 189 Å². The Bertz CT molecular complexity index is 3260. The molecule has 4 saturated carbocycles. The number of anilines is 3. The van der Waals surface area contributed by atoms with Crippen molar-refractivity contribution >= 4 is 17.1 Å². The van der Waals surface area contributed by atoms with Crippen molar-refractivity contribution in [3.8, 4) is 33.4 Å². The number of hydrogen-bond donors (Lipinski definition) is 0. The number of nitrogens with zero attached hydrogens (tertiary/aromatic N) is 1. The smallest absolute Gasteiger partial charge is 0.0714 e. The van der Waals surface area contributed by atoms with Gasteiger partial charge in [-0.3, -0.25) is 0 Å². The third-order valence-electron chi connectivity index (χ3n) is 15.2. The van der Waals surface area contributed by atoms with E-state index in [0.29, 0.717) is 24.8 Å². The Balaban J connectivity index is 1.05. The van der Waals surface area contributed by atoms with Gasteiger partial charge in [-0.25, -0.2) is 0 Å². The number of fused-ring (bicyclic) bond motifs is 6. The van der Waals surface area contributed by atoms with Crippen LogP contribution in [0.3, 0.4) is 0 Å². The van der Waals surface area contributed by atoms with Crippen molar-refractivity contribution in [2.75, 3.05) is 4.90 Å². The lowest BCUT2D eigenvalue weighted by Gasteiger charge is -2.57. The predicted octanol–water partition coefficient (Wildman–Crippen LogP) is 16.0. The van der Waals surface area contributed by atoms with Crippen LogP contribution in [0.2, 0.25) is 0 Å². The number of rotatable bonds is 7. The SMILES string of the molecule is [2H]C1([2H])C2CC3CC(C2)C([2H])([2H])C1(c1ccc(-c2ccccc2N(c2ccc4c(c2)C(c2ccccc2)(c2ccccc2)c2ccccc2-4)c2cccc4c2C(C)(C)c2ccccc2-4)cc1)C3([2H])[2H]. The second kappa shape index (κ2) is 13.8. The van der Waals surface area contributed by atoms with Gasteiger partial charge in [-0.05, 0) is 153 Å². The average molecular weight is 818 g/mol. The highest BCUT2D eigenvalue weighted by Crippen LogP contribution is 2.62. The Kier molecular flexibility index (Phi) is 6.87. The Morgan fingerprint density at radius 1 is 0.429 bits per heavy atom. The molecule has 63 heavy (non-hydrogen) atoms. The standard InChI is InChI=1S/C62H53N/c1-60(2)54-24-12-9-22-51(54)53-23-15-27-58(59(53)60)63(57-26-14-11-20-49(57)44-28-30-45(31-29-44)61-38-41-34-42(39-61)36-43(35-41)40-61)48-32-33-52-50-21-10-13-25-55(50)62(56(52)37-48,46-16-5-3-6-17-46)47-18-7-4-8-19-47/h3-33,37,41-43H,34-36,38-40H2,1-2H3/i38D2,39D2,40D2. The molecular formula is C62H53N. The molecule has 4 bridgehead atoms. The molecule has 6 aliphatic carbocycles. The van der Waals surface area contributed by atoms with E-state index in [9.17, 15) is 8.22 Å². The van der Waals surface area contributed by atoms with Crippen LogP contribution in [0.15, 0.2) is 194 Å². The molecule has 0 aromatic heterocycles. The lowest BCUT2D eigenvalue weighted by molar-refractivity contribution is -0.00518. The quantitative estimate of drug-likeness (QED) is 0.155. The van der Waals surface area contributed by atoms with Crippen molar-refractivity contribution in [2.45, 2.75) is 68.5 Å². The highest BCUT2D eigenvalue weighted by atomic mass is 15.1. The number of hydrogen-bond acceptors (Lipinski definition) is 1. The van der Waals surface area contributed by atoms with Crippen LogP contribution in [0.4, 0.5) is 17.1 Å². The molecule has 0 amide bonds. The van der Waals surface area contributed by atoms with Crippen molar-refractivity contribution in [2.24, 2.45) is 17.8 Å². The van der Waals surface area contributed by atoms with Gasteiger partial charge in [-0.1, -0.05) is 184 Å². The molecule has 0 saturated heterocycles. The summed E-state index contributed by atoms with van der Waals surface area (Å²) in [5, 5.41) is 0. The average Bonchev–Trinajstić information content (AvgIpc) is 3.79. The summed E-state index contributed by atoms with van der Waals surface area (Å²) in [5.74, 6) is -1.14. The van der Waals surface area contributed by atoms with Crippen LogP contribution in [0.25, 0.3) is 33.4 Å². The van der Waals surface area contributed by atoms with Crippen molar-refractivity contribution in [3.63, 3.8) is 0 Å². The number of para-hydroxylation sites is 1. The molecule has 0 aliphatic heterocycles. The van der Waals surface area contributed by atoms with Crippen LogP contribution in [0, 0.1) is 17.8 Å². The van der Waals surface area contributed by atoms with Gasteiger partial charge in [0.2, 0.25) is 0 Å². The fourth-order valence-electron chi connectivity index (χ4n) is 12.8. The fraction of sp³-hybridized carbons (Fsp3) is 0.226. The molecule has 1 heteroatoms. The van der Waals surface area contributed by atoms with Crippen molar-refractivity contribution in [1.29, 1.82) is 0 Å². The van der Waals surface area contributed by atoms with Gasteiger partial charge in [-0.2, -0.15) is 0 Å². The molecule has 4 fully saturated rings. The summed E-state index contributed by atoms with van der Waals surface area (Å²) in [7, 11) is 0. The molecule has 0 atom stereocenters. The van der Waals surface area contributed by atoms with Crippen molar-refractivity contribution in [3.05, 3.63) is 233 Å². The first kappa shape index (κ1) is 31.4. The van der Waals surface area contributed by atoms with Gasteiger partial charge in [0.25, 0.3) is 0 Å². The zero-order chi connectivity index (χ0) is 47.3. The number of benzene rings is 8. The lowest BCUT2D eigenvalue weighted by Crippen LogP contribution is -2.48. The summed E-state index contributed by atoms with van der Waals surface area (Å²) in [6.07, 6.45) is -4.80. The van der Waals surface area contributed by atoms with Gasteiger partial charge in [0, 0.05) is 24.9 Å². The second-order valence-corrected chi connectivity index (χ2v) is 19.0. The maximum absolute atomic E-state index is 9.60. The fourth-order valence-corrected chi connectivity index (χ4v) is 12.8. The summed E-state index contributed by atoms with van der Waals surface area (Å²) in [6.45, 7) is 4.67. The molecule has 0 N–H and O–H groups in total. The van der Waals surface area contributed by atoms with Gasteiger partial charge in [0.05, 0.1) is 16.8 Å². The van der Waals surface area contributed by atoms with E-state index in [-0.39, 0.29) is 23.2 Å². The predicted molar refractivity (Wildman–Crippen MR) is 261 cm³/mol. The lowest BCUT2D eigenvalue weighted by atomic mass is 9.48. The van der Waals surface area contributed by atoms with Crippen LogP contribution < -0.4 is 4.90 Å². The third-order valence-corrected chi connectivity index (χ3v) is 15.2. The summed E-state index contributed by atoms with van der Waals surface area (Å²) >= 11 is 0. The summed E-state index contributed by atoms with van der Waals surface area (Å²) < 4.78 is 57.6. The van der Waals surface area contributed by atoms with E-state index in [1.165, 1.54) is 55.6 Å². The molecular weight excluding hydrogens is 759 g/mol. The monoisotopic (exact) mass is 817 g/mol. The van der Waals surface area contributed by atoms with E-state index in [4.69, 9.17) is 0 Å². The molecule has 8 aromatic rings. The molecule has 0 spiro atoms. The molecule has 8 aromatic carbocycles. The maximum atomic E-state index is 9.60. The van der Waals surface area contributed by atoms with Gasteiger partial charge in [0.15, 0.2) is 0 Å². The maximum Gasteiger partial charge on any atom is 0.0714 e. The first-order valence-electron chi connectivity index (χ1n) is 25.8. The summed E-state index contributed by atoms with van der Waals surface area (Å²) in [6, 6.07) is 69.3. The summed E-state index contributed by atoms with van der Waals surface area (Å²) in [5.41, 5.74) is 14.6. The van der Waals surface area contributed by atoms with Gasteiger partial charge in [0.1, 0.15) is 0 Å². The van der Waals surface area contributed by atoms with E-state index in [1.807, 2.05) is 24.3 Å². The Morgan fingerprint density at radius 3 is 1.59 bits per heavy atom. The zero-order valence-electron chi connectivity index (χ0n) is 41.8. The Labute approximate surface area is 381 Å².